The molecule has 1 aromatic carbocycles. The Balaban J connectivity index is 2.00. The summed E-state index contributed by atoms with van der Waals surface area (Å²) in [6, 6.07) is 8.28. The second kappa shape index (κ2) is 3.96. The van der Waals surface area contributed by atoms with Crippen molar-refractivity contribution in [3.63, 3.8) is 0 Å². The molecule has 0 spiro atoms. The molecule has 17 heavy (non-hydrogen) atoms. The highest BCUT2D eigenvalue weighted by Crippen LogP contribution is 2.21. The molecule has 0 radical (unpaired) electrons. The van der Waals surface area contributed by atoms with Crippen molar-refractivity contribution in [1.82, 2.24) is 24.8 Å². The van der Waals surface area contributed by atoms with E-state index in [0.717, 1.165) is 4.47 Å². The van der Waals surface area contributed by atoms with Crippen LogP contribution in [0.3, 0.4) is 0 Å². The monoisotopic (exact) mass is 291 g/mol. The number of halogens is 1. The average Bonchev–Trinajstić information content (AvgIpc) is 2.86. The van der Waals surface area contributed by atoms with E-state index in [2.05, 4.69) is 54.1 Å². The van der Waals surface area contributed by atoms with Gasteiger partial charge in [0.25, 0.3) is 0 Å². The van der Waals surface area contributed by atoms with Crippen molar-refractivity contribution in [3.05, 3.63) is 40.8 Å². The highest BCUT2D eigenvalue weighted by molar-refractivity contribution is 9.10. The van der Waals surface area contributed by atoms with Gasteiger partial charge in [-0.05, 0) is 29.5 Å². The minimum Gasteiger partial charge on any atom is -0.340 e. The number of tetrazole rings is 1. The number of fused-ring (bicyclic) bond motifs is 1. The molecule has 0 saturated heterocycles. The molecule has 0 N–H and O–H groups in total. The van der Waals surface area contributed by atoms with Crippen LogP contribution in [0.25, 0.3) is 10.9 Å². The van der Waals surface area contributed by atoms with Gasteiger partial charge in [0.15, 0.2) is 5.82 Å². The van der Waals surface area contributed by atoms with Crippen molar-refractivity contribution >= 4 is 26.8 Å². The number of nitrogens with zero attached hydrogens (tertiary/aromatic N) is 5. The lowest BCUT2D eigenvalue weighted by molar-refractivity contribution is 0.626. The Labute approximate surface area is 106 Å². The fraction of sp³-hybridized carbons (Fsp3) is 0.182. The van der Waals surface area contributed by atoms with Crippen LogP contribution < -0.4 is 0 Å². The quantitative estimate of drug-likeness (QED) is 0.725. The van der Waals surface area contributed by atoms with Crippen molar-refractivity contribution in [2.45, 2.75) is 6.54 Å². The molecule has 5 nitrogen and oxygen atoms in total. The minimum atomic E-state index is 0.638. The molecular weight excluding hydrogens is 282 g/mol. The Morgan fingerprint density at radius 3 is 2.94 bits per heavy atom. The predicted molar refractivity (Wildman–Crippen MR) is 67.5 cm³/mol. The highest BCUT2D eigenvalue weighted by Gasteiger charge is 2.05. The second-order valence-electron chi connectivity index (χ2n) is 3.84. The molecule has 86 valence electrons. The molecule has 0 amide bonds. The summed E-state index contributed by atoms with van der Waals surface area (Å²) in [6.07, 6.45) is 2.04. The molecule has 0 aliphatic heterocycles. The number of rotatable bonds is 2. The van der Waals surface area contributed by atoms with Crippen LogP contribution in [-0.2, 0) is 13.6 Å². The third-order valence-electron chi connectivity index (χ3n) is 2.59. The zero-order chi connectivity index (χ0) is 11.8. The summed E-state index contributed by atoms with van der Waals surface area (Å²) < 4.78 is 3.19. The number of aromatic nitrogens is 5. The smallest absolute Gasteiger partial charge is 0.194 e. The number of hydrogen-bond donors (Lipinski definition) is 0. The number of benzene rings is 1. The summed E-state index contributed by atoms with van der Waals surface area (Å²) in [5.74, 6) is 0.716. The van der Waals surface area contributed by atoms with E-state index < -0.39 is 0 Å². The Hall–Kier alpha value is -1.69. The van der Waals surface area contributed by atoms with Crippen LogP contribution in [0.4, 0.5) is 0 Å². The normalized spacial score (nSPS) is 11.2. The summed E-state index contributed by atoms with van der Waals surface area (Å²) >= 11 is 3.46. The van der Waals surface area contributed by atoms with Gasteiger partial charge in [-0.2, -0.15) is 4.80 Å². The van der Waals surface area contributed by atoms with Gasteiger partial charge in [0.2, 0.25) is 0 Å². The van der Waals surface area contributed by atoms with Crippen LogP contribution in [0.2, 0.25) is 0 Å². The van der Waals surface area contributed by atoms with E-state index in [4.69, 9.17) is 0 Å². The first-order chi connectivity index (χ1) is 8.22. The first kappa shape index (κ1) is 10.5. The maximum atomic E-state index is 4.17. The summed E-state index contributed by atoms with van der Waals surface area (Å²) in [5.41, 5.74) is 1.17. The first-order valence-corrected chi connectivity index (χ1v) is 5.99. The largest absolute Gasteiger partial charge is 0.340 e. The van der Waals surface area contributed by atoms with Gasteiger partial charge in [0.05, 0.1) is 13.6 Å². The van der Waals surface area contributed by atoms with Crippen LogP contribution >= 0.6 is 15.9 Å². The molecule has 0 bridgehead atoms. The SMILES string of the molecule is Cn1nnc(Cn2ccc3cc(Br)ccc32)n1. The lowest BCUT2D eigenvalue weighted by Crippen LogP contribution is -2.00. The standard InChI is InChI=1S/C11H10BrN5/c1-16-14-11(13-15-16)7-17-5-4-8-6-9(12)2-3-10(8)17/h2-6H,7H2,1H3. The fourth-order valence-electron chi connectivity index (χ4n) is 1.85. The summed E-state index contributed by atoms with van der Waals surface area (Å²) in [5, 5.41) is 13.2. The summed E-state index contributed by atoms with van der Waals surface area (Å²) in [7, 11) is 1.77. The van der Waals surface area contributed by atoms with E-state index >= 15 is 0 Å². The van der Waals surface area contributed by atoms with Crippen LogP contribution in [0.15, 0.2) is 34.9 Å². The van der Waals surface area contributed by atoms with E-state index in [0.29, 0.717) is 12.4 Å². The van der Waals surface area contributed by atoms with Gasteiger partial charge < -0.3 is 4.57 Å². The van der Waals surface area contributed by atoms with E-state index in [1.54, 1.807) is 7.05 Å². The van der Waals surface area contributed by atoms with Gasteiger partial charge in [-0.15, -0.1) is 10.2 Å². The third kappa shape index (κ3) is 1.95. The molecule has 6 heteroatoms. The Morgan fingerprint density at radius 2 is 2.18 bits per heavy atom. The van der Waals surface area contributed by atoms with E-state index in [1.165, 1.54) is 15.7 Å². The molecule has 0 aliphatic rings. The Bertz CT molecular complexity index is 669. The molecule has 0 fully saturated rings. The fourth-order valence-corrected chi connectivity index (χ4v) is 2.23. The molecular formula is C11H10BrN5. The molecule has 3 aromatic rings. The molecule has 2 aromatic heterocycles. The third-order valence-corrected chi connectivity index (χ3v) is 3.09. The molecule has 0 unspecified atom stereocenters. The van der Waals surface area contributed by atoms with E-state index in [9.17, 15) is 0 Å². The maximum Gasteiger partial charge on any atom is 0.194 e. The zero-order valence-corrected chi connectivity index (χ0v) is 10.8. The molecule has 0 aliphatic carbocycles. The number of aryl methyl sites for hydroxylation is 1. The minimum absolute atomic E-state index is 0.638. The molecule has 0 saturated carbocycles. The lowest BCUT2D eigenvalue weighted by Gasteiger charge is -2.01. The lowest BCUT2D eigenvalue weighted by atomic mass is 10.2. The van der Waals surface area contributed by atoms with Crippen molar-refractivity contribution in [2.75, 3.05) is 0 Å². The Kier molecular flexibility index (Phi) is 2.44. The topological polar surface area (TPSA) is 48.5 Å². The van der Waals surface area contributed by atoms with Crippen molar-refractivity contribution in [3.8, 4) is 0 Å². The molecule has 3 rings (SSSR count). The first-order valence-electron chi connectivity index (χ1n) is 5.20. The van der Waals surface area contributed by atoms with Crippen molar-refractivity contribution in [2.24, 2.45) is 7.05 Å². The van der Waals surface area contributed by atoms with Gasteiger partial charge in [-0.1, -0.05) is 15.9 Å². The van der Waals surface area contributed by atoms with Gasteiger partial charge in [-0.25, -0.2) is 0 Å². The summed E-state index contributed by atoms with van der Waals surface area (Å²) in [4.78, 5) is 1.47. The van der Waals surface area contributed by atoms with Crippen LogP contribution in [0.1, 0.15) is 5.82 Å². The van der Waals surface area contributed by atoms with Crippen LogP contribution in [0.5, 0.6) is 0 Å². The van der Waals surface area contributed by atoms with Crippen LogP contribution in [0, 0.1) is 0 Å². The predicted octanol–water partition coefficient (Wildman–Crippen LogP) is 1.98. The van der Waals surface area contributed by atoms with Crippen molar-refractivity contribution in [1.29, 1.82) is 0 Å². The zero-order valence-electron chi connectivity index (χ0n) is 9.21. The van der Waals surface area contributed by atoms with E-state index in [1.807, 2.05) is 12.3 Å². The average molecular weight is 292 g/mol. The summed E-state index contributed by atoms with van der Waals surface area (Å²) in [6.45, 7) is 0.638. The Morgan fingerprint density at radius 1 is 1.29 bits per heavy atom. The second-order valence-corrected chi connectivity index (χ2v) is 4.76. The maximum absolute atomic E-state index is 4.17. The van der Waals surface area contributed by atoms with Gasteiger partial charge >= 0.3 is 0 Å². The highest BCUT2D eigenvalue weighted by atomic mass is 79.9. The van der Waals surface area contributed by atoms with Gasteiger partial charge in [0, 0.05) is 21.6 Å². The van der Waals surface area contributed by atoms with Crippen molar-refractivity contribution < 1.29 is 0 Å². The van der Waals surface area contributed by atoms with Crippen LogP contribution in [-0.4, -0.2) is 24.8 Å². The van der Waals surface area contributed by atoms with Gasteiger partial charge in [0.1, 0.15) is 0 Å². The molecule has 2 heterocycles. The van der Waals surface area contributed by atoms with Gasteiger partial charge in [-0.3, -0.25) is 0 Å². The number of hydrogen-bond acceptors (Lipinski definition) is 3. The molecule has 0 atom stereocenters. The van der Waals surface area contributed by atoms with E-state index in [-0.39, 0.29) is 0 Å².